The van der Waals surface area contributed by atoms with Crippen molar-refractivity contribution in [3.63, 3.8) is 0 Å². The SMILES string of the molecule is CCCC(NC(=O)NCc1ccc(F)cc1)C(=O)NCc1cn2cc(Br)ccc2n1. The molecule has 3 aromatic rings. The topological polar surface area (TPSA) is 87.5 Å². The Kier molecular flexibility index (Phi) is 7.40. The van der Waals surface area contributed by atoms with Gasteiger partial charge in [0.2, 0.25) is 5.91 Å². The van der Waals surface area contributed by atoms with Gasteiger partial charge in [0.15, 0.2) is 0 Å². The Labute approximate surface area is 182 Å². The van der Waals surface area contributed by atoms with Crippen LogP contribution >= 0.6 is 15.9 Å². The molecule has 1 unspecified atom stereocenters. The van der Waals surface area contributed by atoms with Crippen molar-refractivity contribution in [2.75, 3.05) is 0 Å². The van der Waals surface area contributed by atoms with E-state index in [0.29, 0.717) is 6.42 Å². The Hall–Kier alpha value is -2.94. The third-order valence-corrected chi connectivity index (χ3v) is 4.94. The molecule has 2 heterocycles. The van der Waals surface area contributed by atoms with Crippen LogP contribution < -0.4 is 16.0 Å². The quantitative estimate of drug-likeness (QED) is 0.465. The average Bonchev–Trinajstić information content (AvgIpc) is 3.13. The Balaban J connectivity index is 1.52. The number of nitrogens with one attached hydrogen (secondary N) is 3. The van der Waals surface area contributed by atoms with E-state index in [1.54, 1.807) is 12.1 Å². The third-order valence-electron chi connectivity index (χ3n) is 4.47. The molecule has 2 aromatic heterocycles. The van der Waals surface area contributed by atoms with Gasteiger partial charge in [-0.25, -0.2) is 14.2 Å². The van der Waals surface area contributed by atoms with Gasteiger partial charge in [-0.3, -0.25) is 4.79 Å². The summed E-state index contributed by atoms with van der Waals surface area (Å²) in [7, 11) is 0. The fourth-order valence-corrected chi connectivity index (χ4v) is 3.31. The Bertz CT molecular complexity index is 1020. The second kappa shape index (κ2) is 10.2. The molecule has 1 aromatic carbocycles. The smallest absolute Gasteiger partial charge is 0.315 e. The molecule has 0 aliphatic heterocycles. The Morgan fingerprint density at radius 1 is 1.10 bits per heavy atom. The number of urea groups is 1. The minimum atomic E-state index is -0.658. The van der Waals surface area contributed by atoms with Gasteiger partial charge in [0.25, 0.3) is 0 Å². The van der Waals surface area contributed by atoms with Gasteiger partial charge in [0, 0.05) is 23.4 Å². The average molecular weight is 476 g/mol. The first-order valence-electron chi connectivity index (χ1n) is 9.64. The number of halogens is 2. The van der Waals surface area contributed by atoms with Crippen LogP contribution in [0.4, 0.5) is 9.18 Å². The summed E-state index contributed by atoms with van der Waals surface area (Å²) < 4.78 is 15.8. The number of hydrogen-bond acceptors (Lipinski definition) is 3. The lowest BCUT2D eigenvalue weighted by molar-refractivity contribution is -0.123. The number of amides is 3. The maximum Gasteiger partial charge on any atom is 0.315 e. The molecule has 3 N–H and O–H groups in total. The number of nitrogens with zero attached hydrogens (tertiary/aromatic N) is 2. The van der Waals surface area contributed by atoms with E-state index < -0.39 is 12.1 Å². The maximum atomic E-state index is 13.0. The lowest BCUT2D eigenvalue weighted by Gasteiger charge is -2.18. The molecule has 7 nitrogen and oxygen atoms in total. The van der Waals surface area contributed by atoms with Gasteiger partial charge in [-0.1, -0.05) is 25.5 Å². The molecule has 9 heteroatoms. The minimum absolute atomic E-state index is 0.239. The summed E-state index contributed by atoms with van der Waals surface area (Å²) in [6.45, 7) is 2.44. The number of aromatic nitrogens is 2. The van der Waals surface area contributed by atoms with Crippen LogP contribution in [0.3, 0.4) is 0 Å². The van der Waals surface area contributed by atoms with E-state index in [9.17, 15) is 14.0 Å². The molecular weight excluding hydrogens is 453 g/mol. The second-order valence-electron chi connectivity index (χ2n) is 6.86. The maximum absolute atomic E-state index is 13.0. The van der Waals surface area contributed by atoms with E-state index in [0.717, 1.165) is 27.8 Å². The highest BCUT2D eigenvalue weighted by atomic mass is 79.9. The van der Waals surface area contributed by atoms with Gasteiger partial charge in [0.1, 0.15) is 17.5 Å². The fraction of sp³-hybridized carbons (Fsp3) is 0.286. The van der Waals surface area contributed by atoms with Crippen LogP contribution in [0.15, 0.2) is 53.3 Å². The molecule has 1 atom stereocenters. The molecule has 0 radical (unpaired) electrons. The number of rotatable bonds is 8. The molecular formula is C21H23BrFN5O2. The number of carbonyl (C=O) groups is 2. The van der Waals surface area contributed by atoms with E-state index >= 15 is 0 Å². The zero-order valence-electron chi connectivity index (χ0n) is 16.5. The van der Waals surface area contributed by atoms with Crippen molar-refractivity contribution in [3.05, 3.63) is 70.3 Å². The summed E-state index contributed by atoms with van der Waals surface area (Å²) >= 11 is 3.41. The first-order chi connectivity index (χ1) is 14.4. The van der Waals surface area contributed by atoms with E-state index in [2.05, 4.69) is 36.9 Å². The summed E-state index contributed by atoms with van der Waals surface area (Å²) in [6.07, 6.45) is 4.98. The lowest BCUT2D eigenvalue weighted by atomic mass is 10.1. The summed E-state index contributed by atoms with van der Waals surface area (Å²) in [4.78, 5) is 29.2. The van der Waals surface area contributed by atoms with Crippen LogP contribution in [-0.2, 0) is 17.9 Å². The first-order valence-corrected chi connectivity index (χ1v) is 10.4. The Morgan fingerprint density at radius 3 is 2.60 bits per heavy atom. The van der Waals surface area contributed by atoms with Crippen LogP contribution in [0, 0.1) is 5.82 Å². The molecule has 3 amide bonds. The molecule has 0 bridgehead atoms. The summed E-state index contributed by atoms with van der Waals surface area (Å²) in [6, 6.07) is 8.53. The van der Waals surface area contributed by atoms with Crippen LogP contribution in [0.1, 0.15) is 31.0 Å². The Morgan fingerprint density at radius 2 is 1.87 bits per heavy atom. The van der Waals surface area contributed by atoms with Crippen LogP contribution in [-0.4, -0.2) is 27.4 Å². The third kappa shape index (κ3) is 6.03. The largest absolute Gasteiger partial charge is 0.349 e. The monoisotopic (exact) mass is 475 g/mol. The molecule has 0 saturated carbocycles. The molecule has 0 saturated heterocycles. The van der Waals surface area contributed by atoms with Crippen LogP contribution in [0.5, 0.6) is 0 Å². The lowest BCUT2D eigenvalue weighted by Crippen LogP contribution is -2.49. The van der Waals surface area contributed by atoms with Crippen molar-refractivity contribution < 1.29 is 14.0 Å². The number of benzene rings is 1. The normalized spacial score (nSPS) is 11.8. The van der Waals surface area contributed by atoms with E-state index in [1.165, 1.54) is 12.1 Å². The molecule has 0 spiro atoms. The van der Waals surface area contributed by atoms with E-state index in [-0.39, 0.29) is 24.8 Å². The van der Waals surface area contributed by atoms with Crippen molar-refractivity contribution in [2.24, 2.45) is 0 Å². The molecule has 0 aliphatic carbocycles. The zero-order chi connectivity index (χ0) is 21.5. The van der Waals surface area contributed by atoms with Crippen molar-refractivity contribution >= 4 is 33.5 Å². The van der Waals surface area contributed by atoms with Crippen LogP contribution in [0.25, 0.3) is 5.65 Å². The van der Waals surface area contributed by atoms with Gasteiger partial charge in [-0.15, -0.1) is 0 Å². The first kappa shape index (κ1) is 21.8. The summed E-state index contributed by atoms with van der Waals surface area (Å²) in [5, 5.41) is 8.22. The second-order valence-corrected chi connectivity index (χ2v) is 7.77. The van der Waals surface area contributed by atoms with Gasteiger partial charge < -0.3 is 20.4 Å². The van der Waals surface area contributed by atoms with E-state index in [1.807, 2.05) is 35.9 Å². The van der Waals surface area contributed by atoms with Gasteiger partial charge in [0.05, 0.1) is 12.2 Å². The number of hydrogen-bond donors (Lipinski definition) is 3. The van der Waals surface area contributed by atoms with Gasteiger partial charge >= 0.3 is 6.03 Å². The highest BCUT2D eigenvalue weighted by Crippen LogP contribution is 2.12. The zero-order valence-corrected chi connectivity index (χ0v) is 18.1. The number of pyridine rings is 1. The van der Waals surface area contributed by atoms with Crippen molar-refractivity contribution in [2.45, 2.75) is 38.9 Å². The van der Waals surface area contributed by atoms with Crippen LogP contribution in [0.2, 0.25) is 0 Å². The standard InChI is InChI=1S/C21H23BrFN5O2/c1-2-3-18(27-21(30)25-10-14-4-7-16(23)8-5-14)20(29)24-11-17-13-28-12-15(22)6-9-19(28)26-17/h4-9,12-13,18H,2-3,10-11H2,1H3,(H,24,29)(H2,25,27,30). The molecule has 158 valence electrons. The summed E-state index contributed by atoms with van der Waals surface area (Å²) in [5.41, 5.74) is 2.27. The molecule has 0 aliphatic rings. The van der Waals surface area contributed by atoms with Crippen molar-refractivity contribution in [1.29, 1.82) is 0 Å². The summed E-state index contributed by atoms with van der Waals surface area (Å²) in [5.74, 6) is -0.604. The number of fused-ring (bicyclic) bond motifs is 1. The number of carbonyl (C=O) groups excluding carboxylic acids is 2. The molecule has 0 fully saturated rings. The molecule has 3 rings (SSSR count). The number of imidazole rings is 1. The fourth-order valence-electron chi connectivity index (χ4n) is 2.95. The highest BCUT2D eigenvalue weighted by molar-refractivity contribution is 9.10. The van der Waals surface area contributed by atoms with Crippen molar-refractivity contribution in [3.8, 4) is 0 Å². The van der Waals surface area contributed by atoms with Crippen molar-refractivity contribution in [1.82, 2.24) is 25.3 Å². The molecule has 30 heavy (non-hydrogen) atoms. The van der Waals surface area contributed by atoms with E-state index in [4.69, 9.17) is 0 Å². The van der Waals surface area contributed by atoms with Gasteiger partial charge in [-0.05, 0) is 52.2 Å². The minimum Gasteiger partial charge on any atom is -0.349 e. The highest BCUT2D eigenvalue weighted by Gasteiger charge is 2.20. The predicted octanol–water partition coefficient (Wildman–Crippen LogP) is 3.52. The van der Waals surface area contributed by atoms with Gasteiger partial charge in [-0.2, -0.15) is 0 Å². The predicted molar refractivity (Wildman–Crippen MR) is 115 cm³/mol.